The van der Waals surface area contributed by atoms with Gasteiger partial charge in [-0.15, -0.1) is 0 Å². The lowest BCUT2D eigenvalue weighted by Crippen LogP contribution is -2.46. The van der Waals surface area contributed by atoms with Gasteiger partial charge < -0.3 is 10.2 Å². The quantitative estimate of drug-likeness (QED) is 0.876. The average Bonchev–Trinajstić information content (AvgIpc) is 2.95. The average molecular weight is 288 g/mol. The van der Waals surface area contributed by atoms with Gasteiger partial charge in [-0.25, -0.2) is 0 Å². The number of nitrogens with one attached hydrogen (secondary N) is 2. The molecular formula is C15H20N4O2. The van der Waals surface area contributed by atoms with E-state index in [4.69, 9.17) is 0 Å². The second kappa shape index (κ2) is 6.39. The summed E-state index contributed by atoms with van der Waals surface area (Å²) < 4.78 is 0. The number of H-pyrrole nitrogens is 1. The van der Waals surface area contributed by atoms with Gasteiger partial charge in [-0.2, -0.15) is 5.10 Å². The number of benzene rings is 1. The maximum atomic E-state index is 12.2. The lowest BCUT2D eigenvalue weighted by molar-refractivity contribution is -0.132. The molecule has 1 aromatic carbocycles. The first-order chi connectivity index (χ1) is 10.1. The van der Waals surface area contributed by atoms with E-state index in [2.05, 4.69) is 15.5 Å². The van der Waals surface area contributed by atoms with E-state index in [1.165, 1.54) is 0 Å². The maximum Gasteiger partial charge on any atom is 0.251 e. The first kappa shape index (κ1) is 15.0. The summed E-state index contributed by atoms with van der Waals surface area (Å²) in [4.78, 5) is 26.0. The number of carbonyl (C=O) groups is 2. The van der Waals surface area contributed by atoms with Crippen LogP contribution in [0.4, 0.5) is 0 Å². The topological polar surface area (TPSA) is 78.1 Å². The van der Waals surface area contributed by atoms with Crippen LogP contribution in [0.2, 0.25) is 0 Å². The summed E-state index contributed by atoms with van der Waals surface area (Å²) in [5, 5.41) is 10.4. The van der Waals surface area contributed by atoms with Crippen molar-refractivity contribution in [2.45, 2.75) is 26.8 Å². The van der Waals surface area contributed by atoms with E-state index in [1.54, 1.807) is 30.2 Å². The Bertz CT molecular complexity index is 646. The molecule has 21 heavy (non-hydrogen) atoms. The van der Waals surface area contributed by atoms with Crippen LogP contribution in [0, 0.1) is 0 Å². The highest BCUT2D eigenvalue weighted by Crippen LogP contribution is 2.12. The largest absolute Gasteiger partial charge is 0.341 e. The Labute approximate surface area is 123 Å². The molecule has 1 unspecified atom stereocenters. The van der Waals surface area contributed by atoms with Crippen molar-refractivity contribution >= 4 is 22.7 Å². The van der Waals surface area contributed by atoms with E-state index < -0.39 is 6.04 Å². The molecule has 0 aliphatic heterocycles. The van der Waals surface area contributed by atoms with Crippen LogP contribution < -0.4 is 5.32 Å². The zero-order valence-corrected chi connectivity index (χ0v) is 12.5. The lowest BCUT2D eigenvalue weighted by Gasteiger charge is -2.23. The first-order valence-corrected chi connectivity index (χ1v) is 7.09. The molecule has 6 nitrogen and oxygen atoms in total. The molecule has 2 amide bonds. The van der Waals surface area contributed by atoms with Crippen molar-refractivity contribution in [2.24, 2.45) is 0 Å². The fraction of sp³-hybridized carbons (Fsp3) is 0.400. The number of aromatic amines is 1. The molecular weight excluding hydrogens is 268 g/mol. The normalized spacial score (nSPS) is 12.1. The number of hydrogen-bond acceptors (Lipinski definition) is 3. The van der Waals surface area contributed by atoms with Gasteiger partial charge >= 0.3 is 0 Å². The molecule has 112 valence electrons. The van der Waals surface area contributed by atoms with Gasteiger partial charge in [0.15, 0.2) is 0 Å². The summed E-state index contributed by atoms with van der Waals surface area (Å²) in [7, 11) is 0. The number of fused-ring (bicyclic) bond motifs is 1. The Kier molecular flexibility index (Phi) is 4.57. The van der Waals surface area contributed by atoms with Crippen LogP contribution in [0.25, 0.3) is 10.9 Å². The highest BCUT2D eigenvalue weighted by Gasteiger charge is 2.20. The second-order valence-electron chi connectivity index (χ2n) is 4.88. The van der Waals surface area contributed by atoms with Crippen molar-refractivity contribution in [3.05, 3.63) is 30.0 Å². The standard InChI is InChI=1S/C15H20N4O2/c1-4-19(5-2)15(21)10(3)17-14(20)11-6-7-12-9-16-18-13(12)8-11/h6-10H,4-5H2,1-3H3,(H,16,18)(H,17,20). The minimum atomic E-state index is -0.546. The minimum Gasteiger partial charge on any atom is -0.341 e. The van der Waals surface area contributed by atoms with Gasteiger partial charge in [-0.1, -0.05) is 6.07 Å². The summed E-state index contributed by atoms with van der Waals surface area (Å²) in [5.74, 6) is -0.338. The van der Waals surface area contributed by atoms with Gasteiger partial charge in [-0.3, -0.25) is 14.7 Å². The molecule has 0 aliphatic rings. The SMILES string of the molecule is CCN(CC)C(=O)C(C)NC(=O)c1ccc2cn[nH]c2c1. The summed E-state index contributed by atoms with van der Waals surface area (Å²) in [6.07, 6.45) is 1.70. The Morgan fingerprint density at radius 2 is 2.05 bits per heavy atom. The molecule has 0 aliphatic carbocycles. The Hall–Kier alpha value is -2.37. The van der Waals surface area contributed by atoms with E-state index in [0.29, 0.717) is 18.7 Å². The third kappa shape index (κ3) is 3.21. The zero-order valence-electron chi connectivity index (χ0n) is 12.5. The molecule has 0 fully saturated rings. The Balaban J connectivity index is 2.08. The second-order valence-corrected chi connectivity index (χ2v) is 4.88. The fourth-order valence-electron chi connectivity index (χ4n) is 2.23. The van der Waals surface area contributed by atoms with Crippen LogP contribution in [-0.2, 0) is 4.79 Å². The summed E-state index contributed by atoms with van der Waals surface area (Å²) >= 11 is 0. The zero-order chi connectivity index (χ0) is 15.4. The highest BCUT2D eigenvalue weighted by atomic mass is 16.2. The Morgan fingerprint density at radius 3 is 2.71 bits per heavy atom. The van der Waals surface area contributed by atoms with Crippen molar-refractivity contribution in [2.75, 3.05) is 13.1 Å². The van der Waals surface area contributed by atoms with Gasteiger partial charge in [0.1, 0.15) is 6.04 Å². The molecule has 1 aromatic heterocycles. The fourth-order valence-corrected chi connectivity index (χ4v) is 2.23. The number of amides is 2. The van der Waals surface area contributed by atoms with Gasteiger partial charge in [-0.05, 0) is 32.9 Å². The van der Waals surface area contributed by atoms with Crippen molar-refractivity contribution in [3.8, 4) is 0 Å². The van der Waals surface area contributed by atoms with Crippen LogP contribution in [0.5, 0.6) is 0 Å². The number of hydrogen-bond donors (Lipinski definition) is 2. The maximum absolute atomic E-state index is 12.2. The molecule has 0 saturated heterocycles. The molecule has 2 rings (SSSR count). The first-order valence-electron chi connectivity index (χ1n) is 7.09. The van der Waals surface area contributed by atoms with E-state index in [1.807, 2.05) is 19.9 Å². The number of nitrogens with zero attached hydrogens (tertiary/aromatic N) is 2. The number of likely N-dealkylation sites (N-methyl/N-ethyl adjacent to an activating group) is 1. The Morgan fingerprint density at radius 1 is 1.33 bits per heavy atom. The van der Waals surface area contributed by atoms with Crippen LogP contribution in [0.15, 0.2) is 24.4 Å². The van der Waals surface area contributed by atoms with Crippen LogP contribution in [0.1, 0.15) is 31.1 Å². The van der Waals surface area contributed by atoms with Crippen LogP contribution in [0.3, 0.4) is 0 Å². The minimum absolute atomic E-state index is 0.0732. The molecule has 1 atom stereocenters. The van der Waals surface area contributed by atoms with Crippen LogP contribution in [-0.4, -0.2) is 46.0 Å². The van der Waals surface area contributed by atoms with Crippen molar-refractivity contribution < 1.29 is 9.59 Å². The van der Waals surface area contributed by atoms with E-state index in [0.717, 1.165) is 10.9 Å². The van der Waals surface area contributed by atoms with Gasteiger partial charge in [0.05, 0.1) is 11.7 Å². The lowest BCUT2D eigenvalue weighted by atomic mass is 10.1. The van der Waals surface area contributed by atoms with Gasteiger partial charge in [0.2, 0.25) is 5.91 Å². The molecule has 2 N–H and O–H groups in total. The van der Waals surface area contributed by atoms with Gasteiger partial charge in [0.25, 0.3) is 5.91 Å². The summed E-state index contributed by atoms with van der Waals surface area (Å²) in [6.45, 7) is 6.81. The predicted octanol–water partition coefficient (Wildman–Crippen LogP) is 1.55. The van der Waals surface area contributed by atoms with Crippen LogP contribution >= 0.6 is 0 Å². The summed E-state index contributed by atoms with van der Waals surface area (Å²) in [5.41, 5.74) is 1.30. The number of carbonyl (C=O) groups excluding carboxylic acids is 2. The van der Waals surface area contributed by atoms with Crippen molar-refractivity contribution in [1.82, 2.24) is 20.4 Å². The third-order valence-electron chi connectivity index (χ3n) is 3.50. The number of aromatic nitrogens is 2. The van der Waals surface area contributed by atoms with Crippen molar-refractivity contribution in [1.29, 1.82) is 0 Å². The van der Waals surface area contributed by atoms with Crippen molar-refractivity contribution in [3.63, 3.8) is 0 Å². The predicted molar refractivity (Wildman–Crippen MR) is 80.9 cm³/mol. The molecule has 2 aromatic rings. The monoisotopic (exact) mass is 288 g/mol. The molecule has 0 bridgehead atoms. The van der Waals surface area contributed by atoms with Gasteiger partial charge in [0, 0.05) is 24.0 Å². The highest BCUT2D eigenvalue weighted by molar-refractivity contribution is 5.99. The molecule has 0 spiro atoms. The molecule has 0 radical (unpaired) electrons. The van der Waals surface area contributed by atoms with E-state index >= 15 is 0 Å². The number of rotatable bonds is 5. The van der Waals surface area contributed by atoms with E-state index in [9.17, 15) is 9.59 Å². The van der Waals surface area contributed by atoms with E-state index in [-0.39, 0.29) is 11.8 Å². The smallest absolute Gasteiger partial charge is 0.251 e. The molecule has 6 heteroatoms. The summed E-state index contributed by atoms with van der Waals surface area (Å²) in [6, 6.07) is 4.73. The molecule has 1 heterocycles. The molecule has 0 saturated carbocycles. The third-order valence-corrected chi connectivity index (χ3v) is 3.50.